The molecule has 1 aliphatic heterocycles. The van der Waals surface area contributed by atoms with E-state index in [4.69, 9.17) is 0 Å². The van der Waals surface area contributed by atoms with Gasteiger partial charge in [-0.3, -0.25) is 4.90 Å². The van der Waals surface area contributed by atoms with Gasteiger partial charge in [-0.25, -0.2) is 0 Å². The van der Waals surface area contributed by atoms with Crippen LogP contribution in [0, 0.1) is 0 Å². The average molecular weight is 504 g/mol. The molecule has 25 heavy (non-hydrogen) atoms. The normalized spacial score (nSPS) is 12.9. The van der Waals surface area contributed by atoms with E-state index in [0.29, 0.717) is 6.04 Å². The summed E-state index contributed by atoms with van der Waals surface area (Å²) in [5, 5.41) is 0. The summed E-state index contributed by atoms with van der Waals surface area (Å²) in [6.07, 6.45) is 0. The molecule has 138 valence electrons. The van der Waals surface area contributed by atoms with Crippen molar-refractivity contribution in [2.24, 2.45) is 0 Å². The summed E-state index contributed by atoms with van der Waals surface area (Å²) in [5.41, 5.74) is 2.68. The third-order valence-electron chi connectivity index (χ3n) is 4.41. The minimum atomic E-state index is 0. The Morgan fingerprint density at radius 3 is 1.80 bits per heavy atom. The Bertz CT molecular complexity index is 607. The SMILES string of the molecule is CCN(CC)C(C)CN1c2ccccc2Sc2ccccc21.Cl.S.[SnH2]. The molecule has 0 fully saturated rings. The first kappa shape index (κ1) is 25.0. The second kappa shape index (κ2) is 11.6. The quantitative estimate of drug-likeness (QED) is 0.549. The maximum absolute atomic E-state index is 2.52. The van der Waals surface area contributed by atoms with Crippen LogP contribution in [0.2, 0.25) is 0 Å². The molecule has 0 saturated heterocycles. The van der Waals surface area contributed by atoms with Crippen LogP contribution in [0.1, 0.15) is 20.8 Å². The predicted octanol–water partition coefficient (Wildman–Crippen LogP) is 4.64. The van der Waals surface area contributed by atoms with Gasteiger partial charge in [-0.15, -0.1) is 12.4 Å². The van der Waals surface area contributed by atoms with E-state index in [1.165, 1.54) is 21.2 Å². The summed E-state index contributed by atoms with van der Waals surface area (Å²) in [4.78, 5) is 7.72. The fourth-order valence-corrected chi connectivity index (χ4v) is 4.30. The van der Waals surface area contributed by atoms with Gasteiger partial charge in [-0.1, -0.05) is 49.9 Å². The minimum absolute atomic E-state index is 0. The summed E-state index contributed by atoms with van der Waals surface area (Å²) >= 11 is 1.88. The van der Waals surface area contributed by atoms with E-state index >= 15 is 0 Å². The Hall–Kier alpha value is -0.0113. The fourth-order valence-electron chi connectivity index (χ4n) is 3.20. The number of likely N-dealkylation sites (N-methyl/N-ethyl adjacent to an activating group) is 1. The Kier molecular flexibility index (Phi) is 11.6. The van der Waals surface area contributed by atoms with Gasteiger partial charge in [0.1, 0.15) is 0 Å². The van der Waals surface area contributed by atoms with E-state index in [0.717, 1.165) is 19.6 Å². The van der Waals surface area contributed by atoms with Crippen LogP contribution in [0.3, 0.4) is 0 Å². The molecule has 0 N–H and O–H groups in total. The molecule has 0 saturated carbocycles. The van der Waals surface area contributed by atoms with E-state index in [-0.39, 0.29) is 49.8 Å². The molecule has 0 aliphatic carbocycles. The van der Waals surface area contributed by atoms with Gasteiger partial charge >= 0.3 is 23.9 Å². The molecule has 0 bridgehead atoms. The summed E-state index contributed by atoms with van der Waals surface area (Å²) in [7, 11) is 0. The number of hydrogen-bond donors (Lipinski definition) is 0. The molecule has 2 aromatic carbocycles. The Morgan fingerprint density at radius 1 is 0.920 bits per heavy atom. The maximum atomic E-state index is 2.52. The van der Waals surface area contributed by atoms with Crippen LogP contribution in [-0.2, 0) is 0 Å². The van der Waals surface area contributed by atoms with E-state index in [9.17, 15) is 0 Å². The van der Waals surface area contributed by atoms with Crippen molar-refractivity contribution in [1.29, 1.82) is 0 Å². The zero-order valence-electron chi connectivity index (χ0n) is 15.2. The third kappa shape index (κ3) is 5.48. The van der Waals surface area contributed by atoms with Crippen molar-refractivity contribution >= 4 is 72.9 Å². The van der Waals surface area contributed by atoms with Crippen LogP contribution in [0.25, 0.3) is 0 Å². The number of para-hydroxylation sites is 2. The molecule has 2 aromatic rings. The second-order valence-corrected chi connectivity index (χ2v) is 6.80. The van der Waals surface area contributed by atoms with Gasteiger partial charge in [0.05, 0.1) is 11.4 Å². The number of benzene rings is 2. The summed E-state index contributed by atoms with van der Waals surface area (Å²) in [5.74, 6) is 0. The molecule has 0 spiro atoms. The van der Waals surface area contributed by atoms with Crippen LogP contribution >= 0.6 is 37.7 Å². The molecule has 2 nitrogen and oxygen atoms in total. The number of halogens is 1. The molecule has 2 radical (unpaired) electrons. The molecule has 1 atom stereocenters. The van der Waals surface area contributed by atoms with Crippen molar-refractivity contribution in [2.45, 2.75) is 36.6 Å². The van der Waals surface area contributed by atoms with Gasteiger partial charge in [0.2, 0.25) is 0 Å². The average Bonchev–Trinajstić information content (AvgIpc) is 2.55. The number of hydrogen-bond acceptors (Lipinski definition) is 3. The predicted molar refractivity (Wildman–Crippen MR) is 123 cm³/mol. The van der Waals surface area contributed by atoms with Crippen molar-refractivity contribution in [3.63, 3.8) is 0 Å². The van der Waals surface area contributed by atoms with Crippen molar-refractivity contribution in [1.82, 2.24) is 4.90 Å². The molecule has 0 aromatic heterocycles. The molecule has 1 unspecified atom stereocenters. The summed E-state index contributed by atoms with van der Waals surface area (Å²) in [6, 6.07) is 18.0. The van der Waals surface area contributed by atoms with Crippen molar-refractivity contribution < 1.29 is 0 Å². The van der Waals surface area contributed by atoms with Crippen LogP contribution in [0.5, 0.6) is 0 Å². The van der Waals surface area contributed by atoms with Gasteiger partial charge < -0.3 is 4.90 Å². The standard InChI is InChI=1S/C19H24N2S.ClH.H2S.Sn.2H/c1-4-20(5-2)15(3)14-21-16-10-6-8-12-18(16)22-19-13-9-7-11-17(19)21;;;;;/h6-13,15H,4-5,14H2,1-3H3;1H;1H2;;;. The van der Waals surface area contributed by atoms with Gasteiger partial charge in [-0.2, -0.15) is 13.5 Å². The first-order chi connectivity index (χ1) is 10.7. The van der Waals surface area contributed by atoms with Crippen molar-refractivity contribution in [3.8, 4) is 0 Å². The van der Waals surface area contributed by atoms with Crippen LogP contribution in [0.15, 0.2) is 58.3 Å². The molecule has 3 rings (SSSR count). The first-order valence-electron chi connectivity index (χ1n) is 8.12. The van der Waals surface area contributed by atoms with Crippen LogP contribution in [0.4, 0.5) is 11.4 Å². The molecular weight excluding hydrogens is 475 g/mol. The number of nitrogens with zero attached hydrogens (tertiary/aromatic N) is 2. The Morgan fingerprint density at radius 2 is 1.36 bits per heavy atom. The van der Waals surface area contributed by atoms with Crippen molar-refractivity contribution in [2.75, 3.05) is 24.5 Å². The monoisotopic (exact) mass is 504 g/mol. The van der Waals surface area contributed by atoms with Gasteiger partial charge in [0, 0.05) is 22.4 Å². The molecule has 1 aliphatic rings. The summed E-state index contributed by atoms with van der Waals surface area (Å²) < 4.78 is 0. The van der Waals surface area contributed by atoms with Crippen LogP contribution < -0.4 is 4.90 Å². The number of fused-ring (bicyclic) bond motifs is 2. The Labute approximate surface area is 186 Å². The van der Waals surface area contributed by atoms with Gasteiger partial charge in [-0.05, 0) is 44.3 Å². The van der Waals surface area contributed by atoms with Gasteiger partial charge in [0.15, 0.2) is 0 Å². The topological polar surface area (TPSA) is 6.48 Å². The zero-order chi connectivity index (χ0) is 15.5. The second-order valence-electron chi connectivity index (χ2n) is 5.72. The molecule has 0 amide bonds. The van der Waals surface area contributed by atoms with E-state index in [1.807, 2.05) is 11.8 Å². The molecule has 1 heterocycles. The van der Waals surface area contributed by atoms with Crippen molar-refractivity contribution in [3.05, 3.63) is 48.5 Å². The van der Waals surface area contributed by atoms with E-state index < -0.39 is 0 Å². The molecule has 6 heteroatoms. The van der Waals surface area contributed by atoms with E-state index in [2.05, 4.69) is 79.1 Å². The zero-order valence-corrected chi connectivity index (χ0v) is 21.9. The number of anilines is 2. The molecular formula is C19H29ClN2S2Sn. The van der Waals surface area contributed by atoms with Crippen LogP contribution in [-0.4, -0.2) is 54.5 Å². The summed E-state index contributed by atoms with van der Waals surface area (Å²) in [6.45, 7) is 10.0. The fraction of sp³-hybridized carbons (Fsp3) is 0.368. The first-order valence-corrected chi connectivity index (χ1v) is 8.93. The Balaban J connectivity index is 0.00000192. The van der Waals surface area contributed by atoms with E-state index in [1.54, 1.807) is 0 Å². The number of rotatable bonds is 5. The van der Waals surface area contributed by atoms with Gasteiger partial charge in [0.25, 0.3) is 0 Å². The third-order valence-corrected chi connectivity index (χ3v) is 5.54.